The van der Waals surface area contributed by atoms with Crippen molar-refractivity contribution in [1.82, 2.24) is 4.90 Å². The van der Waals surface area contributed by atoms with Crippen LogP contribution in [0.15, 0.2) is 54.6 Å². The van der Waals surface area contributed by atoms with E-state index in [9.17, 15) is 14.3 Å². The predicted molar refractivity (Wildman–Crippen MR) is 129 cm³/mol. The maximum atomic E-state index is 12.5. The second-order valence-electron chi connectivity index (χ2n) is 9.55. The second-order valence-corrected chi connectivity index (χ2v) is 9.55. The standard InChI is InChI=1S/C27H36FNO5/c1-26(2,3)34-25(30)29-15-12-22(13-16-29)27(31,21-8-5-4-6-9-21)23-10-7-11-24(20-23)33-19-18-32-17-14-28/h4-11,20,22,31H,12-19H2,1-3H3. The first kappa shape index (κ1) is 26.0. The summed E-state index contributed by atoms with van der Waals surface area (Å²) in [6.45, 7) is 6.71. The van der Waals surface area contributed by atoms with E-state index in [0.29, 0.717) is 44.9 Å². The van der Waals surface area contributed by atoms with Crippen molar-refractivity contribution in [3.05, 3.63) is 65.7 Å². The second kappa shape index (κ2) is 11.7. The lowest BCUT2D eigenvalue weighted by Gasteiger charge is -2.42. The van der Waals surface area contributed by atoms with Crippen molar-refractivity contribution >= 4 is 6.09 Å². The van der Waals surface area contributed by atoms with E-state index in [1.54, 1.807) is 4.90 Å². The van der Waals surface area contributed by atoms with Crippen molar-refractivity contribution in [2.75, 3.05) is 39.6 Å². The lowest BCUT2D eigenvalue weighted by molar-refractivity contribution is -0.0239. The zero-order valence-electron chi connectivity index (χ0n) is 20.3. The molecule has 0 radical (unpaired) electrons. The zero-order valence-corrected chi connectivity index (χ0v) is 20.3. The lowest BCUT2D eigenvalue weighted by Crippen LogP contribution is -2.47. The predicted octanol–water partition coefficient (Wildman–Crippen LogP) is 4.93. The van der Waals surface area contributed by atoms with Crippen molar-refractivity contribution < 1.29 is 28.5 Å². The summed E-state index contributed by atoms with van der Waals surface area (Å²) in [4.78, 5) is 14.2. The molecular weight excluding hydrogens is 437 g/mol. The Balaban J connectivity index is 1.78. The van der Waals surface area contributed by atoms with Crippen molar-refractivity contribution in [3.63, 3.8) is 0 Å². The Hall–Kier alpha value is -2.64. The van der Waals surface area contributed by atoms with Crippen LogP contribution >= 0.6 is 0 Å². The van der Waals surface area contributed by atoms with E-state index >= 15 is 0 Å². The minimum atomic E-state index is -1.24. The molecule has 2 aromatic carbocycles. The van der Waals surface area contributed by atoms with Gasteiger partial charge in [0.2, 0.25) is 0 Å². The van der Waals surface area contributed by atoms with Gasteiger partial charge in [-0.3, -0.25) is 0 Å². The molecule has 6 nitrogen and oxygen atoms in total. The number of halogens is 1. The maximum absolute atomic E-state index is 12.5. The van der Waals surface area contributed by atoms with Gasteiger partial charge in [0.05, 0.1) is 13.2 Å². The lowest BCUT2D eigenvalue weighted by atomic mass is 9.72. The molecule has 0 saturated carbocycles. The minimum Gasteiger partial charge on any atom is -0.491 e. The van der Waals surface area contributed by atoms with Gasteiger partial charge in [-0.25, -0.2) is 9.18 Å². The van der Waals surface area contributed by atoms with E-state index in [1.165, 1.54) is 0 Å². The van der Waals surface area contributed by atoms with Gasteiger partial charge in [-0.15, -0.1) is 0 Å². The smallest absolute Gasteiger partial charge is 0.410 e. The molecule has 1 aliphatic rings. The van der Waals surface area contributed by atoms with Gasteiger partial charge in [-0.2, -0.15) is 0 Å². The number of ether oxygens (including phenoxy) is 3. The van der Waals surface area contributed by atoms with Crippen LogP contribution < -0.4 is 4.74 Å². The van der Waals surface area contributed by atoms with Crippen LogP contribution in [-0.2, 0) is 15.1 Å². The van der Waals surface area contributed by atoms with Gasteiger partial charge >= 0.3 is 6.09 Å². The SMILES string of the molecule is CC(C)(C)OC(=O)N1CCC(C(O)(c2ccccc2)c2cccc(OCCOCCF)c2)CC1. The van der Waals surface area contributed by atoms with Crippen LogP contribution in [0.25, 0.3) is 0 Å². The van der Waals surface area contributed by atoms with Crippen molar-refractivity contribution in [3.8, 4) is 5.75 Å². The van der Waals surface area contributed by atoms with Crippen LogP contribution in [0.5, 0.6) is 5.75 Å². The van der Waals surface area contributed by atoms with Gasteiger partial charge in [0.1, 0.15) is 30.2 Å². The summed E-state index contributed by atoms with van der Waals surface area (Å²) in [5, 5.41) is 12.2. The fourth-order valence-corrected chi connectivity index (χ4v) is 4.33. The third-order valence-electron chi connectivity index (χ3n) is 5.94. The Morgan fingerprint density at radius 3 is 2.32 bits per heavy atom. The van der Waals surface area contributed by atoms with Gasteiger partial charge in [-0.1, -0.05) is 42.5 Å². The normalized spacial score (nSPS) is 16.7. The number of piperidine rings is 1. The first-order chi connectivity index (χ1) is 16.2. The molecule has 34 heavy (non-hydrogen) atoms. The summed E-state index contributed by atoms with van der Waals surface area (Å²) in [6.07, 6.45) is 0.944. The molecule has 0 aliphatic carbocycles. The number of likely N-dealkylation sites (tertiary alicyclic amines) is 1. The fraction of sp³-hybridized carbons (Fsp3) is 0.519. The Bertz CT molecular complexity index is 909. The Morgan fingerprint density at radius 1 is 1.00 bits per heavy atom. The van der Waals surface area contributed by atoms with Crippen LogP contribution in [0.3, 0.4) is 0 Å². The van der Waals surface area contributed by atoms with Gasteiger partial charge in [0.25, 0.3) is 0 Å². The summed E-state index contributed by atoms with van der Waals surface area (Å²) < 4.78 is 28.6. The molecule has 1 N–H and O–H groups in total. The first-order valence-corrected chi connectivity index (χ1v) is 11.9. The van der Waals surface area contributed by atoms with Crippen LogP contribution in [0, 0.1) is 5.92 Å². The molecule has 1 unspecified atom stereocenters. The van der Waals surface area contributed by atoms with Crippen LogP contribution in [0.4, 0.5) is 9.18 Å². The van der Waals surface area contributed by atoms with E-state index in [-0.39, 0.29) is 18.6 Å². The Morgan fingerprint density at radius 2 is 1.68 bits per heavy atom. The molecule has 1 atom stereocenters. The Kier molecular flexibility index (Phi) is 8.91. The van der Waals surface area contributed by atoms with E-state index < -0.39 is 17.9 Å². The number of carbonyl (C=O) groups excluding carboxylic acids is 1. The number of aliphatic hydroxyl groups is 1. The number of alkyl halides is 1. The topological polar surface area (TPSA) is 68.2 Å². The highest BCUT2D eigenvalue weighted by molar-refractivity contribution is 5.68. The molecule has 2 aromatic rings. The Labute approximate surface area is 201 Å². The number of rotatable bonds is 9. The first-order valence-electron chi connectivity index (χ1n) is 11.9. The fourth-order valence-electron chi connectivity index (χ4n) is 4.33. The maximum Gasteiger partial charge on any atom is 0.410 e. The number of nitrogens with zero attached hydrogens (tertiary/aromatic N) is 1. The number of amides is 1. The monoisotopic (exact) mass is 473 g/mol. The van der Waals surface area contributed by atoms with Gasteiger partial charge < -0.3 is 24.2 Å². The summed E-state index contributed by atoms with van der Waals surface area (Å²) in [5.74, 6) is 0.513. The molecule has 1 aliphatic heterocycles. The summed E-state index contributed by atoms with van der Waals surface area (Å²) in [6, 6.07) is 17.1. The third kappa shape index (κ3) is 6.70. The number of carbonyl (C=O) groups is 1. The quantitative estimate of drug-likeness (QED) is 0.523. The molecule has 186 valence electrons. The van der Waals surface area contributed by atoms with Gasteiger partial charge in [-0.05, 0) is 62.8 Å². The van der Waals surface area contributed by atoms with E-state index in [4.69, 9.17) is 14.2 Å². The highest BCUT2D eigenvalue weighted by Crippen LogP contribution is 2.43. The average Bonchev–Trinajstić information content (AvgIpc) is 2.83. The van der Waals surface area contributed by atoms with Gasteiger partial charge in [0.15, 0.2) is 0 Å². The van der Waals surface area contributed by atoms with E-state index in [1.807, 2.05) is 75.4 Å². The zero-order chi connectivity index (χ0) is 24.6. The number of benzene rings is 2. The van der Waals surface area contributed by atoms with Crippen molar-refractivity contribution in [1.29, 1.82) is 0 Å². The average molecular weight is 474 g/mol. The molecule has 0 aromatic heterocycles. The summed E-state index contributed by atoms with van der Waals surface area (Å²) in [5.41, 5.74) is -0.257. The van der Waals surface area contributed by atoms with E-state index in [2.05, 4.69) is 0 Å². The molecule has 1 amide bonds. The number of hydrogen-bond acceptors (Lipinski definition) is 5. The number of hydrogen-bond donors (Lipinski definition) is 1. The molecule has 0 spiro atoms. The third-order valence-corrected chi connectivity index (χ3v) is 5.94. The van der Waals surface area contributed by atoms with Crippen LogP contribution in [0.1, 0.15) is 44.7 Å². The van der Waals surface area contributed by atoms with E-state index in [0.717, 1.165) is 11.1 Å². The summed E-state index contributed by atoms with van der Waals surface area (Å²) in [7, 11) is 0. The van der Waals surface area contributed by atoms with Crippen molar-refractivity contribution in [2.24, 2.45) is 5.92 Å². The molecule has 0 bridgehead atoms. The highest BCUT2D eigenvalue weighted by Gasteiger charge is 2.42. The van der Waals surface area contributed by atoms with Crippen LogP contribution in [0.2, 0.25) is 0 Å². The molecular formula is C27H36FNO5. The molecule has 1 heterocycles. The molecule has 1 saturated heterocycles. The summed E-state index contributed by atoms with van der Waals surface area (Å²) >= 11 is 0. The largest absolute Gasteiger partial charge is 0.491 e. The minimum absolute atomic E-state index is 0.0547. The van der Waals surface area contributed by atoms with Crippen LogP contribution in [-0.4, -0.2) is 61.3 Å². The molecule has 1 fully saturated rings. The highest BCUT2D eigenvalue weighted by atomic mass is 19.1. The van der Waals surface area contributed by atoms with Crippen molar-refractivity contribution in [2.45, 2.75) is 44.8 Å². The molecule has 3 rings (SSSR count). The van der Waals surface area contributed by atoms with Gasteiger partial charge in [0, 0.05) is 13.1 Å². The molecule has 7 heteroatoms.